The first-order chi connectivity index (χ1) is 15.5. The predicted molar refractivity (Wildman–Crippen MR) is 112 cm³/mol. The fraction of sp³-hybridized carbons (Fsp3) is 0.348. The van der Waals surface area contributed by atoms with E-state index >= 15 is 0 Å². The summed E-state index contributed by atoms with van der Waals surface area (Å²) in [7, 11) is 0. The first-order valence-corrected chi connectivity index (χ1v) is 10.6. The molecule has 2 heterocycles. The van der Waals surface area contributed by atoms with Crippen molar-refractivity contribution in [2.24, 2.45) is 0 Å². The van der Waals surface area contributed by atoms with Gasteiger partial charge in [0.25, 0.3) is 0 Å². The van der Waals surface area contributed by atoms with Gasteiger partial charge in [0.15, 0.2) is 12.2 Å². The van der Waals surface area contributed by atoms with Gasteiger partial charge in [-0.15, -0.1) is 11.6 Å². The number of alkyl halides is 1. The number of ether oxygens (including phenoxy) is 5. The maximum Gasteiger partial charge on any atom is 0.342 e. The second kappa shape index (κ2) is 9.68. The van der Waals surface area contributed by atoms with Crippen molar-refractivity contribution in [3.05, 3.63) is 65.2 Å². The number of para-hydroxylation sites is 1. The molecule has 168 valence electrons. The largest absolute Gasteiger partial charge is 0.453 e. The van der Waals surface area contributed by atoms with Crippen molar-refractivity contribution in [3.8, 4) is 5.75 Å². The Morgan fingerprint density at radius 3 is 2.25 bits per heavy atom. The molecule has 0 spiro atoms. The topological polar surface area (TPSA) is 97.4 Å². The Bertz CT molecular complexity index is 1020. The van der Waals surface area contributed by atoms with Crippen LogP contribution in [-0.2, 0) is 29.6 Å². The van der Waals surface area contributed by atoms with Gasteiger partial charge in [0.05, 0.1) is 18.8 Å². The first kappa shape index (κ1) is 22.3. The fourth-order valence-corrected chi connectivity index (χ4v) is 3.86. The quantitative estimate of drug-likeness (QED) is 0.369. The maximum atomic E-state index is 12.7. The van der Waals surface area contributed by atoms with Crippen LogP contribution in [0.1, 0.15) is 33.2 Å². The average molecular weight is 461 g/mol. The molecule has 8 nitrogen and oxygen atoms in total. The summed E-state index contributed by atoms with van der Waals surface area (Å²) in [6.07, 6.45) is -2.46. The Morgan fingerprint density at radius 1 is 0.938 bits per heavy atom. The third-order valence-electron chi connectivity index (χ3n) is 5.16. The molecule has 2 aromatic rings. The lowest BCUT2D eigenvalue weighted by atomic mass is 10.1. The standard InChI is InChI=1S/C23H21ClO8/c1-13(25)30-17-8-3-2-7-16(17)23(27)32-19-12-29-20-18(11-28-21(19)20)31-22(26)15-6-4-5-14(9-15)10-24/h2-9,18-21H,10-12H2,1H3/t18-,19+,20-,21-/m1/s1. The van der Waals surface area contributed by atoms with Gasteiger partial charge in [-0.2, -0.15) is 0 Å². The Balaban J connectivity index is 1.39. The Morgan fingerprint density at radius 2 is 1.59 bits per heavy atom. The third-order valence-corrected chi connectivity index (χ3v) is 5.47. The zero-order valence-corrected chi connectivity index (χ0v) is 17.9. The summed E-state index contributed by atoms with van der Waals surface area (Å²) in [5, 5.41) is 0. The molecular formula is C23H21ClO8. The third kappa shape index (κ3) is 4.77. The average Bonchev–Trinajstić information content (AvgIpc) is 3.37. The van der Waals surface area contributed by atoms with Crippen molar-refractivity contribution in [1.29, 1.82) is 0 Å². The summed E-state index contributed by atoms with van der Waals surface area (Å²) in [5.74, 6) is -1.33. The highest BCUT2D eigenvalue weighted by atomic mass is 35.5. The zero-order chi connectivity index (χ0) is 22.7. The van der Waals surface area contributed by atoms with E-state index in [0.717, 1.165) is 5.56 Å². The van der Waals surface area contributed by atoms with E-state index in [4.69, 9.17) is 35.3 Å². The van der Waals surface area contributed by atoms with Crippen LogP contribution < -0.4 is 4.74 Å². The van der Waals surface area contributed by atoms with Gasteiger partial charge in [-0.1, -0.05) is 24.3 Å². The van der Waals surface area contributed by atoms with Crippen LogP contribution in [0.5, 0.6) is 5.75 Å². The SMILES string of the molecule is CC(=O)Oc1ccccc1C(=O)O[C@H]1CO[C@H]2[C@@H]1OC[C@H]2OC(=O)c1cccc(CCl)c1. The number of carbonyl (C=O) groups is 3. The number of hydrogen-bond donors (Lipinski definition) is 0. The fourth-order valence-electron chi connectivity index (χ4n) is 3.70. The zero-order valence-electron chi connectivity index (χ0n) is 17.2. The number of rotatable bonds is 6. The van der Waals surface area contributed by atoms with E-state index in [1.54, 1.807) is 30.3 Å². The van der Waals surface area contributed by atoms with Gasteiger partial charge in [0, 0.05) is 12.8 Å². The molecule has 4 rings (SSSR count). The van der Waals surface area contributed by atoms with Gasteiger partial charge in [0.1, 0.15) is 23.5 Å². The van der Waals surface area contributed by atoms with Gasteiger partial charge >= 0.3 is 17.9 Å². The van der Waals surface area contributed by atoms with Crippen molar-refractivity contribution >= 4 is 29.5 Å². The molecule has 4 atom stereocenters. The molecule has 2 fully saturated rings. The summed E-state index contributed by atoms with van der Waals surface area (Å²) in [4.78, 5) is 36.5. The molecule has 0 aliphatic carbocycles. The van der Waals surface area contributed by atoms with Crippen LogP contribution in [0.4, 0.5) is 0 Å². The number of fused-ring (bicyclic) bond motifs is 1. The molecule has 2 saturated heterocycles. The van der Waals surface area contributed by atoms with Crippen molar-refractivity contribution in [3.63, 3.8) is 0 Å². The highest BCUT2D eigenvalue weighted by Crippen LogP contribution is 2.32. The van der Waals surface area contributed by atoms with Crippen LogP contribution in [0.15, 0.2) is 48.5 Å². The molecule has 0 amide bonds. The second-order valence-electron chi connectivity index (χ2n) is 7.41. The van der Waals surface area contributed by atoms with E-state index in [9.17, 15) is 14.4 Å². The van der Waals surface area contributed by atoms with Gasteiger partial charge < -0.3 is 23.7 Å². The Kier molecular flexibility index (Phi) is 6.74. The maximum absolute atomic E-state index is 12.7. The molecule has 0 N–H and O–H groups in total. The molecule has 0 radical (unpaired) electrons. The minimum Gasteiger partial charge on any atom is -0.453 e. The van der Waals surface area contributed by atoms with E-state index in [1.807, 2.05) is 6.07 Å². The molecule has 2 aliphatic heterocycles. The van der Waals surface area contributed by atoms with Crippen LogP contribution in [0.3, 0.4) is 0 Å². The Hall–Kier alpha value is -2.94. The number of benzene rings is 2. The van der Waals surface area contributed by atoms with Gasteiger partial charge in [-0.05, 0) is 29.8 Å². The highest BCUT2D eigenvalue weighted by molar-refractivity contribution is 6.17. The monoisotopic (exact) mass is 460 g/mol. The number of halogens is 1. The second-order valence-corrected chi connectivity index (χ2v) is 7.67. The van der Waals surface area contributed by atoms with Crippen LogP contribution in [0.25, 0.3) is 0 Å². The smallest absolute Gasteiger partial charge is 0.342 e. The lowest BCUT2D eigenvalue weighted by molar-refractivity contribution is -0.131. The molecule has 2 aromatic carbocycles. The van der Waals surface area contributed by atoms with Crippen molar-refractivity contribution < 1.29 is 38.1 Å². The number of esters is 3. The summed E-state index contributed by atoms with van der Waals surface area (Å²) in [6.45, 7) is 1.46. The molecule has 2 aliphatic rings. The molecule has 0 bridgehead atoms. The van der Waals surface area contributed by atoms with E-state index in [-0.39, 0.29) is 30.4 Å². The van der Waals surface area contributed by atoms with Gasteiger partial charge in [0.2, 0.25) is 0 Å². The van der Waals surface area contributed by atoms with Crippen molar-refractivity contribution in [2.45, 2.75) is 37.2 Å². The van der Waals surface area contributed by atoms with E-state index in [1.165, 1.54) is 19.1 Å². The van der Waals surface area contributed by atoms with Crippen LogP contribution in [-0.4, -0.2) is 55.5 Å². The highest BCUT2D eigenvalue weighted by Gasteiger charge is 2.51. The van der Waals surface area contributed by atoms with E-state index in [2.05, 4.69) is 0 Å². The lowest BCUT2D eigenvalue weighted by Crippen LogP contribution is -2.36. The normalized spacial score (nSPS) is 23.9. The van der Waals surface area contributed by atoms with E-state index in [0.29, 0.717) is 5.56 Å². The lowest BCUT2D eigenvalue weighted by Gasteiger charge is -2.18. The summed E-state index contributed by atoms with van der Waals surface area (Å²) < 4.78 is 27.7. The summed E-state index contributed by atoms with van der Waals surface area (Å²) in [6, 6.07) is 13.2. The molecule has 0 saturated carbocycles. The van der Waals surface area contributed by atoms with Gasteiger partial charge in [-0.3, -0.25) is 4.79 Å². The minimum atomic E-state index is -0.693. The molecule has 0 aromatic heterocycles. The predicted octanol–water partition coefficient (Wildman–Crippen LogP) is 2.90. The summed E-state index contributed by atoms with van der Waals surface area (Å²) >= 11 is 5.83. The minimum absolute atomic E-state index is 0.0899. The van der Waals surface area contributed by atoms with Gasteiger partial charge in [-0.25, -0.2) is 9.59 Å². The van der Waals surface area contributed by atoms with E-state index < -0.39 is 42.3 Å². The van der Waals surface area contributed by atoms with Crippen LogP contribution in [0, 0.1) is 0 Å². The van der Waals surface area contributed by atoms with Crippen molar-refractivity contribution in [1.82, 2.24) is 0 Å². The summed E-state index contributed by atoms with van der Waals surface area (Å²) in [5.41, 5.74) is 1.31. The number of carbonyl (C=O) groups excluding carboxylic acids is 3. The van der Waals surface area contributed by atoms with Crippen LogP contribution >= 0.6 is 11.6 Å². The first-order valence-electron chi connectivity index (χ1n) is 10.0. The molecule has 32 heavy (non-hydrogen) atoms. The molecule has 9 heteroatoms. The number of hydrogen-bond acceptors (Lipinski definition) is 8. The molecule has 0 unspecified atom stereocenters. The van der Waals surface area contributed by atoms with Crippen molar-refractivity contribution in [2.75, 3.05) is 13.2 Å². The van der Waals surface area contributed by atoms with Crippen LogP contribution in [0.2, 0.25) is 0 Å². The molecular weight excluding hydrogens is 440 g/mol. The Labute approximate surface area is 189 Å².